The molecule has 0 aliphatic carbocycles. The molecular formula is C21H24N2O3S. The number of amides is 1. The number of piperazine rings is 1. The second kappa shape index (κ2) is 6.77. The highest BCUT2D eigenvalue weighted by molar-refractivity contribution is 7.89. The van der Waals surface area contributed by atoms with Crippen molar-refractivity contribution in [2.45, 2.75) is 37.1 Å². The Morgan fingerprint density at radius 2 is 1.74 bits per heavy atom. The number of benzene rings is 2. The summed E-state index contributed by atoms with van der Waals surface area (Å²) < 4.78 is 27.6. The minimum absolute atomic E-state index is 0.0903. The maximum Gasteiger partial charge on any atom is 0.243 e. The summed E-state index contributed by atoms with van der Waals surface area (Å²) in [6.45, 7) is 5.01. The highest BCUT2D eigenvalue weighted by atomic mass is 32.2. The molecule has 2 aliphatic heterocycles. The third-order valence-corrected chi connectivity index (χ3v) is 7.43. The summed E-state index contributed by atoms with van der Waals surface area (Å²) in [4.78, 5) is 14.8. The standard InChI is InChI=1S/C21H24N2O3S/c1-15(2)16-7-9-18(10-8-16)27(25,26)22-13-20-19-6-4-3-5-17(19)11-12-23(20)21(24)14-22/h3-10,15,20H,11-14H2,1-2H3. The molecule has 0 radical (unpaired) electrons. The first kappa shape index (κ1) is 18.2. The predicted octanol–water partition coefficient (Wildman–Crippen LogP) is 2.94. The Morgan fingerprint density at radius 1 is 1.04 bits per heavy atom. The first-order valence-electron chi connectivity index (χ1n) is 9.35. The molecule has 2 aliphatic rings. The van der Waals surface area contributed by atoms with Crippen LogP contribution in [0.5, 0.6) is 0 Å². The van der Waals surface area contributed by atoms with Gasteiger partial charge >= 0.3 is 0 Å². The third kappa shape index (κ3) is 3.17. The highest BCUT2D eigenvalue weighted by Crippen LogP contribution is 2.34. The van der Waals surface area contributed by atoms with Crippen molar-refractivity contribution in [3.8, 4) is 0 Å². The van der Waals surface area contributed by atoms with Gasteiger partial charge in [0.15, 0.2) is 0 Å². The second-order valence-electron chi connectivity index (χ2n) is 7.57. The average molecular weight is 385 g/mol. The molecule has 0 bridgehead atoms. The minimum Gasteiger partial charge on any atom is -0.333 e. The molecule has 6 heteroatoms. The number of sulfonamides is 1. The number of hydrogen-bond acceptors (Lipinski definition) is 3. The van der Waals surface area contributed by atoms with Crippen LogP contribution in [-0.4, -0.2) is 43.2 Å². The number of hydrogen-bond donors (Lipinski definition) is 0. The van der Waals surface area contributed by atoms with Gasteiger partial charge in [0.05, 0.1) is 17.5 Å². The number of nitrogens with zero attached hydrogens (tertiary/aromatic N) is 2. The molecule has 1 fully saturated rings. The molecule has 142 valence electrons. The van der Waals surface area contributed by atoms with Crippen LogP contribution in [0.25, 0.3) is 0 Å². The van der Waals surface area contributed by atoms with E-state index in [0.29, 0.717) is 19.0 Å². The van der Waals surface area contributed by atoms with Crippen LogP contribution in [0.1, 0.15) is 42.5 Å². The van der Waals surface area contributed by atoms with Crippen LogP contribution in [0.15, 0.2) is 53.4 Å². The van der Waals surface area contributed by atoms with Gasteiger partial charge in [-0.15, -0.1) is 0 Å². The summed E-state index contributed by atoms with van der Waals surface area (Å²) in [5, 5.41) is 0. The smallest absolute Gasteiger partial charge is 0.243 e. The van der Waals surface area contributed by atoms with Crippen LogP contribution >= 0.6 is 0 Å². The Hall–Kier alpha value is -2.18. The van der Waals surface area contributed by atoms with Gasteiger partial charge in [0, 0.05) is 13.1 Å². The Bertz CT molecular complexity index is 967. The first-order chi connectivity index (χ1) is 12.9. The van der Waals surface area contributed by atoms with E-state index in [2.05, 4.69) is 19.9 Å². The first-order valence-corrected chi connectivity index (χ1v) is 10.8. The van der Waals surface area contributed by atoms with Crippen molar-refractivity contribution in [2.75, 3.05) is 19.6 Å². The van der Waals surface area contributed by atoms with Gasteiger partial charge in [0.1, 0.15) is 0 Å². The number of rotatable bonds is 3. The van der Waals surface area contributed by atoms with Crippen LogP contribution in [0, 0.1) is 0 Å². The number of carbonyl (C=O) groups excluding carboxylic acids is 1. The lowest BCUT2D eigenvalue weighted by atomic mass is 9.91. The second-order valence-corrected chi connectivity index (χ2v) is 9.51. The monoisotopic (exact) mass is 384 g/mol. The van der Waals surface area contributed by atoms with Crippen molar-refractivity contribution in [1.82, 2.24) is 9.21 Å². The highest BCUT2D eigenvalue weighted by Gasteiger charge is 2.41. The molecule has 0 aromatic heterocycles. The topological polar surface area (TPSA) is 57.7 Å². The Labute approximate surface area is 160 Å². The van der Waals surface area contributed by atoms with Gasteiger partial charge < -0.3 is 4.90 Å². The van der Waals surface area contributed by atoms with E-state index in [9.17, 15) is 13.2 Å². The molecule has 2 heterocycles. The van der Waals surface area contributed by atoms with E-state index in [1.807, 2.05) is 35.2 Å². The van der Waals surface area contributed by atoms with Crippen LogP contribution in [-0.2, 0) is 21.2 Å². The normalized spacial score (nSPS) is 20.5. The largest absolute Gasteiger partial charge is 0.333 e. The van der Waals surface area contributed by atoms with Crippen molar-refractivity contribution in [3.63, 3.8) is 0 Å². The van der Waals surface area contributed by atoms with Crippen molar-refractivity contribution < 1.29 is 13.2 Å². The molecule has 1 unspecified atom stereocenters. The Morgan fingerprint density at radius 3 is 2.44 bits per heavy atom. The summed E-state index contributed by atoms with van der Waals surface area (Å²) in [6.07, 6.45) is 0.821. The van der Waals surface area contributed by atoms with E-state index < -0.39 is 10.0 Å². The summed E-state index contributed by atoms with van der Waals surface area (Å²) in [7, 11) is -3.70. The molecule has 27 heavy (non-hydrogen) atoms. The summed E-state index contributed by atoms with van der Waals surface area (Å²) in [5.74, 6) is 0.216. The zero-order valence-electron chi connectivity index (χ0n) is 15.6. The van der Waals surface area contributed by atoms with Gasteiger partial charge in [-0.1, -0.05) is 50.2 Å². The molecule has 0 spiro atoms. The Balaban J connectivity index is 1.66. The molecule has 5 nitrogen and oxygen atoms in total. The molecule has 1 atom stereocenters. The molecule has 2 aromatic rings. The molecular weight excluding hydrogens is 360 g/mol. The van der Waals surface area contributed by atoms with Crippen LogP contribution in [0.3, 0.4) is 0 Å². The molecule has 1 amide bonds. The maximum atomic E-state index is 13.2. The van der Waals surface area contributed by atoms with Gasteiger partial charge in [-0.2, -0.15) is 4.31 Å². The quantitative estimate of drug-likeness (QED) is 0.818. The SMILES string of the molecule is CC(C)c1ccc(S(=O)(=O)N2CC(=O)N3CCc4ccccc4C3C2)cc1. The van der Waals surface area contributed by atoms with E-state index in [4.69, 9.17) is 0 Å². The van der Waals surface area contributed by atoms with Crippen LogP contribution in [0.2, 0.25) is 0 Å². The van der Waals surface area contributed by atoms with Crippen molar-refractivity contribution >= 4 is 15.9 Å². The van der Waals surface area contributed by atoms with E-state index in [1.54, 1.807) is 12.1 Å². The lowest BCUT2D eigenvalue weighted by Gasteiger charge is -2.44. The van der Waals surface area contributed by atoms with Crippen LogP contribution in [0.4, 0.5) is 0 Å². The van der Waals surface area contributed by atoms with Crippen molar-refractivity contribution in [1.29, 1.82) is 0 Å². The maximum absolute atomic E-state index is 13.2. The van der Waals surface area contributed by atoms with Gasteiger partial charge in [-0.25, -0.2) is 8.42 Å². The molecule has 4 rings (SSSR count). The predicted molar refractivity (Wildman–Crippen MR) is 104 cm³/mol. The molecule has 0 N–H and O–H groups in total. The van der Waals surface area contributed by atoms with E-state index in [1.165, 1.54) is 9.87 Å². The fraction of sp³-hybridized carbons (Fsp3) is 0.381. The average Bonchev–Trinajstić information content (AvgIpc) is 2.67. The summed E-state index contributed by atoms with van der Waals surface area (Å²) in [5.41, 5.74) is 3.36. The lowest BCUT2D eigenvalue weighted by molar-refractivity contribution is -0.138. The van der Waals surface area contributed by atoms with Crippen molar-refractivity contribution in [2.24, 2.45) is 0 Å². The third-order valence-electron chi connectivity index (χ3n) is 5.61. The van der Waals surface area contributed by atoms with Crippen LogP contribution < -0.4 is 0 Å². The van der Waals surface area contributed by atoms with Gasteiger partial charge in [-0.3, -0.25) is 4.79 Å². The number of carbonyl (C=O) groups is 1. The fourth-order valence-corrected chi connectivity index (χ4v) is 5.40. The summed E-state index contributed by atoms with van der Waals surface area (Å²) >= 11 is 0. The molecule has 2 aromatic carbocycles. The van der Waals surface area contributed by atoms with E-state index >= 15 is 0 Å². The van der Waals surface area contributed by atoms with E-state index in [-0.39, 0.29) is 23.4 Å². The fourth-order valence-electron chi connectivity index (χ4n) is 4.00. The van der Waals surface area contributed by atoms with Gasteiger partial charge in [-0.05, 0) is 41.2 Å². The van der Waals surface area contributed by atoms with Gasteiger partial charge in [0.25, 0.3) is 0 Å². The van der Waals surface area contributed by atoms with Gasteiger partial charge in [0.2, 0.25) is 15.9 Å². The molecule has 1 saturated heterocycles. The number of fused-ring (bicyclic) bond motifs is 3. The van der Waals surface area contributed by atoms with Crippen molar-refractivity contribution in [3.05, 3.63) is 65.2 Å². The minimum atomic E-state index is -3.70. The van der Waals surface area contributed by atoms with E-state index in [0.717, 1.165) is 17.5 Å². The molecule has 0 saturated carbocycles. The lowest BCUT2D eigenvalue weighted by Crippen LogP contribution is -2.55. The zero-order valence-corrected chi connectivity index (χ0v) is 16.4. The summed E-state index contributed by atoms with van der Waals surface area (Å²) in [6, 6.07) is 14.8. The Kier molecular flexibility index (Phi) is 4.56. The zero-order chi connectivity index (χ0) is 19.2.